The zero-order valence-corrected chi connectivity index (χ0v) is 31.4. The molecular formula is C52H49N. The molecule has 262 valence electrons. The van der Waals surface area contributed by atoms with Gasteiger partial charge >= 0.3 is 0 Å². The molecule has 0 amide bonds. The Labute approximate surface area is 317 Å². The van der Waals surface area contributed by atoms with Crippen molar-refractivity contribution in [2.24, 2.45) is 0 Å². The lowest BCUT2D eigenvalue weighted by Gasteiger charge is -2.30. The zero-order chi connectivity index (χ0) is 37.0. The van der Waals surface area contributed by atoms with E-state index in [2.05, 4.69) is 214 Å². The van der Waals surface area contributed by atoms with Gasteiger partial charge in [0, 0.05) is 23.0 Å². The number of allylic oxidation sites excluding steroid dienone is 13. The molecule has 1 aliphatic rings. The van der Waals surface area contributed by atoms with Crippen LogP contribution in [0.1, 0.15) is 51.2 Å². The van der Waals surface area contributed by atoms with Crippen molar-refractivity contribution in [1.29, 1.82) is 0 Å². The number of anilines is 1. The van der Waals surface area contributed by atoms with E-state index in [1.807, 2.05) is 19.1 Å². The molecule has 0 saturated heterocycles. The third kappa shape index (κ3) is 9.19. The summed E-state index contributed by atoms with van der Waals surface area (Å²) in [4.78, 5) is 2.40. The van der Waals surface area contributed by atoms with Crippen LogP contribution < -0.4 is 4.90 Å². The number of benzene rings is 5. The van der Waals surface area contributed by atoms with Gasteiger partial charge in [0.1, 0.15) is 0 Å². The van der Waals surface area contributed by atoms with Crippen molar-refractivity contribution in [1.82, 2.24) is 0 Å². The van der Waals surface area contributed by atoms with Gasteiger partial charge in [0.2, 0.25) is 0 Å². The Morgan fingerprint density at radius 2 is 1.32 bits per heavy atom. The first kappa shape index (κ1) is 36.6. The smallest absolute Gasteiger partial charge is 0.0464 e. The first-order valence-electron chi connectivity index (χ1n) is 18.5. The third-order valence-corrected chi connectivity index (χ3v) is 9.82. The van der Waals surface area contributed by atoms with Crippen molar-refractivity contribution < 1.29 is 0 Å². The van der Waals surface area contributed by atoms with E-state index in [0.29, 0.717) is 5.92 Å². The average Bonchev–Trinajstić information content (AvgIpc) is 3.22. The monoisotopic (exact) mass is 687 g/mol. The molecule has 0 fully saturated rings. The number of nitrogens with zero attached hydrogens (tertiary/aromatic N) is 1. The minimum Gasteiger partial charge on any atom is -0.315 e. The Morgan fingerprint density at radius 1 is 0.642 bits per heavy atom. The van der Waals surface area contributed by atoms with Crippen LogP contribution in [-0.2, 0) is 0 Å². The molecule has 0 spiro atoms. The van der Waals surface area contributed by atoms with Crippen molar-refractivity contribution >= 4 is 11.8 Å². The van der Waals surface area contributed by atoms with Crippen molar-refractivity contribution in [3.63, 3.8) is 0 Å². The van der Waals surface area contributed by atoms with Crippen LogP contribution in [0.3, 0.4) is 0 Å². The molecule has 1 unspecified atom stereocenters. The van der Waals surface area contributed by atoms with Crippen LogP contribution in [0.2, 0.25) is 0 Å². The van der Waals surface area contributed by atoms with Crippen LogP contribution in [-0.4, -0.2) is 0 Å². The molecule has 0 bridgehead atoms. The summed E-state index contributed by atoms with van der Waals surface area (Å²) < 4.78 is 0. The molecule has 53 heavy (non-hydrogen) atoms. The molecule has 1 aliphatic carbocycles. The fraction of sp³-hybridized carbons (Fsp3) is 0.115. The summed E-state index contributed by atoms with van der Waals surface area (Å²) in [6.07, 6.45) is 24.7. The van der Waals surface area contributed by atoms with Gasteiger partial charge in [-0.15, -0.1) is 0 Å². The van der Waals surface area contributed by atoms with Gasteiger partial charge in [-0.2, -0.15) is 0 Å². The molecule has 5 aromatic carbocycles. The topological polar surface area (TPSA) is 3.24 Å². The Balaban J connectivity index is 1.45. The largest absolute Gasteiger partial charge is 0.315 e. The maximum Gasteiger partial charge on any atom is 0.0464 e. The first-order chi connectivity index (χ1) is 25.9. The van der Waals surface area contributed by atoms with Crippen molar-refractivity contribution in [2.45, 2.75) is 40.0 Å². The maximum absolute atomic E-state index is 3.83. The third-order valence-electron chi connectivity index (χ3n) is 9.82. The van der Waals surface area contributed by atoms with E-state index in [0.717, 1.165) is 23.4 Å². The molecule has 0 N–H and O–H groups in total. The highest BCUT2D eigenvalue weighted by Crippen LogP contribution is 2.40. The molecule has 1 nitrogen and oxygen atoms in total. The SMILES string of the molecule is C=C/C=C\c1cccc(-c2cccc(-c3ccc(N(C4=CCC(c5ccccc5)C=C4)/C(C)=C/C=C(C)/C(C)=C/C=C\C)cc3-c3ccccc3)c2)c1. The van der Waals surface area contributed by atoms with E-state index < -0.39 is 0 Å². The maximum atomic E-state index is 3.83. The second kappa shape index (κ2) is 17.8. The molecular weight excluding hydrogens is 639 g/mol. The molecule has 0 heterocycles. The highest BCUT2D eigenvalue weighted by Gasteiger charge is 2.20. The zero-order valence-electron chi connectivity index (χ0n) is 31.4. The van der Waals surface area contributed by atoms with Gasteiger partial charge in [0.25, 0.3) is 0 Å². The molecule has 0 aromatic heterocycles. The van der Waals surface area contributed by atoms with E-state index in [1.165, 1.54) is 55.8 Å². The molecule has 1 atom stereocenters. The molecule has 0 radical (unpaired) electrons. The van der Waals surface area contributed by atoms with Gasteiger partial charge in [-0.3, -0.25) is 0 Å². The fourth-order valence-electron chi connectivity index (χ4n) is 6.75. The highest BCUT2D eigenvalue weighted by atomic mass is 15.1. The predicted molar refractivity (Wildman–Crippen MR) is 232 cm³/mol. The number of hydrogen-bond donors (Lipinski definition) is 0. The lowest BCUT2D eigenvalue weighted by Crippen LogP contribution is -2.21. The average molecular weight is 688 g/mol. The van der Waals surface area contributed by atoms with E-state index in [9.17, 15) is 0 Å². The Hall–Kier alpha value is -6.18. The summed E-state index contributed by atoms with van der Waals surface area (Å²) in [7, 11) is 0. The van der Waals surface area contributed by atoms with Crippen LogP contribution in [0.25, 0.3) is 39.5 Å². The van der Waals surface area contributed by atoms with Gasteiger partial charge < -0.3 is 4.90 Å². The summed E-state index contributed by atoms with van der Waals surface area (Å²) in [5.74, 6) is 0.362. The summed E-state index contributed by atoms with van der Waals surface area (Å²) in [5, 5.41) is 0. The molecule has 1 heteroatoms. The van der Waals surface area contributed by atoms with Crippen molar-refractivity contribution in [3.05, 3.63) is 228 Å². The Kier molecular flexibility index (Phi) is 12.3. The van der Waals surface area contributed by atoms with Gasteiger partial charge in [0.05, 0.1) is 0 Å². The quantitative estimate of drug-likeness (QED) is 0.118. The lowest BCUT2D eigenvalue weighted by atomic mass is 9.90. The van der Waals surface area contributed by atoms with Crippen molar-refractivity contribution in [2.75, 3.05) is 4.90 Å². The summed E-state index contributed by atoms with van der Waals surface area (Å²) in [6, 6.07) is 46.1. The Bertz CT molecular complexity index is 2250. The molecule has 6 rings (SSSR count). The van der Waals surface area contributed by atoms with Gasteiger partial charge in [0.15, 0.2) is 0 Å². The molecule has 0 saturated carbocycles. The summed E-state index contributed by atoms with van der Waals surface area (Å²) >= 11 is 0. The highest BCUT2D eigenvalue weighted by molar-refractivity contribution is 5.88. The van der Waals surface area contributed by atoms with Crippen LogP contribution >= 0.6 is 0 Å². The summed E-state index contributed by atoms with van der Waals surface area (Å²) in [5.41, 5.74) is 15.6. The van der Waals surface area contributed by atoms with Gasteiger partial charge in [-0.05, 0) is 126 Å². The van der Waals surface area contributed by atoms with E-state index in [4.69, 9.17) is 0 Å². The van der Waals surface area contributed by atoms with E-state index in [-0.39, 0.29) is 0 Å². The second-order valence-corrected chi connectivity index (χ2v) is 13.5. The van der Waals surface area contributed by atoms with Gasteiger partial charge in [-0.1, -0.05) is 164 Å². The van der Waals surface area contributed by atoms with E-state index in [1.54, 1.807) is 0 Å². The predicted octanol–water partition coefficient (Wildman–Crippen LogP) is 14.7. The normalized spacial score (nSPS) is 15.2. The van der Waals surface area contributed by atoms with Crippen LogP contribution in [0.15, 0.2) is 217 Å². The standard InChI is InChI=1S/C52H49N/c1-6-8-18-39(3)40(4)28-29-41(5)53(49-32-30-44(31-33-49)43-21-12-10-13-22-43)50-34-35-51(52(38-50)45-23-14-11-15-24-45)48-27-17-26-47(37-48)46-25-16-20-42(36-46)19-9-7-2/h6-30,32-38,44H,2,31H2,1,3-5H3/b8-6-,19-9-,39-18+,40-28+,41-29+. The second-order valence-electron chi connectivity index (χ2n) is 13.5. The van der Waals surface area contributed by atoms with Gasteiger partial charge in [-0.25, -0.2) is 0 Å². The van der Waals surface area contributed by atoms with Crippen LogP contribution in [0, 0.1) is 0 Å². The fourth-order valence-corrected chi connectivity index (χ4v) is 6.75. The number of hydrogen-bond acceptors (Lipinski definition) is 1. The van der Waals surface area contributed by atoms with E-state index >= 15 is 0 Å². The minimum atomic E-state index is 0.362. The first-order valence-corrected chi connectivity index (χ1v) is 18.5. The van der Waals surface area contributed by atoms with Crippen molar-refractivity contribution in [3.8, 4) is 33.4 Å². The minimum absolute atomic E-state index is 0.362. The Morgan fingerprint density at radius 3 is 2.04 bits per heavy atom. The summed E-state index contributed by atoms with van der Waals surface area (Å²) in [6.45, 7) is 12.4. The lowest BCUT2D eigenvalue weighted by molar-refractivity contribution is 0.836. The van der Waals surface area contributed by atoms with Crippen LogP contribution in [0.5, 0.6) is 0 Å². The van der Waals surface area contributed by atoms with Crippen LogP contribution in [0.4, 0.5) is 5.69 Å². The molecule has 0 aliphatic heterocycles. The number of rotatable bonds is 12. The molecule has 5 aromatic rings.